The number of halogens is 1. The molecule has 0 atom stereocenters. The normalized spacial score (nSPS) is 10.6. The highest BCUT2D eigenvalue weighted by molar-refractivity contribution is 9.10. The van der Waals surface area contributed by atoms with E-state index in [0.717, 1.165) is 27.1 Å². The number of thiophene rings is 1. The van der Waals surface area contributed by atoms with Gasteiger partial charge in [0, 0.05) is 27.9 Å². The number of aromatic nitrogens is 3. The molecule has 0 unspecified atom stereocenters. The standard InChI is InChI=1S/C26H22BrN5O3S2/c1-3-35-25(34)22-16(2)19(15-28)24(37-22)29-21(33)13-14-36-26-31-30-23(18-11-7-8-12-20(18)27)32(26)17-9-5-4-6-10-17/h4-12H,3,13-14H2,1-2H3,(H,29,33). The molecule has 188 valence electrons. The van der Waals surface area contributed by atoms with Crippen LogP contribution in [0.5, 0.6) is 0 Å². The maximum absolute atomic E-state index is 12.7. The van der Waals surface area contributed by atoms with Crippen LogP contribution in [0.3, 0.4) is 0 Å². The fraction of sp³-hybridized carbons (Fsp3) is 0.192. The third-order valence-corrected chi connectivity index (χ3v) is 8.10. The molecule has 0 radical (unpaired) electrons. The Morgan fingerprint density at radius 3 is 2.59 bits per heavy atom. The van der Waals surface area contributed by atoms with Gasteiger partial charge in [0.1, 0.15) is 15.9 Å². The lowest BCUT2D eigenvalue weighted by molar-refractivity contribution is -0.115. The molecular formula is C26H22BrN5O3S2. The van der Waals surface area contributed by atoms with Crippen molar-refractivity contribution in [1.82, 2.24) is 14.8 Å². The lowest BCUT2D eigenvalue weighted by Crippen LogP contribution is -2.12. The van der Waals surface area contributed by atoms with Crippen LogP contribution in [0.25, 0.3) is 17.1 Å². The number of nitrogens with zero attached hydrogens (tertiary/aromatic N) is 4. The van der Waals surface area contributed by atoms with Crippen molar-refractivity contribution in [1.29, 1.82) is 5.26 Å². The highest BCUT2D eigenvalue weighted by atomic mass is 79.9. The number of benzene rings is 2. The second-order valence-electron chi connectivity index (χ2n) is 7.70. The summed E-state index contributed by atoms with van der Waals surface area (Å²) in [6, 6.07) is 19.7. The van der Waals surface area contributed by atoms with E-state index in [2.05, 4.69) is 37.5 Å². The summed E-state index contributed by atoms with van der Waals surface area (Å²) in [4.78, 5) is 25.2. The van der Waals surface area contributed by atoms with Crippen LogP contribution in [0.15, 0.2) is 64.2 Å². The molecule has 0 bridgehead atoms. The second kappa shape index (κ2) is 12.2. The van der Waals surface area contributed by atoms with E-state index in [4.69, 9.17) is 4.74 Å². The average molecular weight is 597 g/mol. The number of nitriles is 1. The molecule has 11 heteroatoms. The molecule has 0 saturated carbocycles. The van der Waals surface area contributed by atoms with Gasteiger partial charge in [0.2, 0.25) is 5.91 Å². The Hall–Kier alpha value is -3.46. The predicted molar refractivity (Wildman–Crippen MR) is 148 cm³/mol. The fourth-order valence-corrected chi connectivity index (χ4v) is 5.96. The molecule has 0 aliphatic heterocycles. The summed E-state index contributed by atoms with van der Waals surface area (Å²) in [6.07, 6.45) is 0.174. The fourth-order valence-electron chi connectivity index (χ4n) is 3.54. The van der Waals surface area contributed by atoms with Crippen LogP contribution in [0.2, 0.25) is 0 Å². The van der Waals surface area contributed by atoms with E-state index in [1.165, 1.54) is 11.8 Å². The number of ether oxygens (including phenoxy) is 1. The second-order valence-corrected chi connectivity index (χ2v) is 10.6. The number of anilines is 1. The molecule has 1 amide bonds. The summed E-state index contributed by atoms with van der Waals surface area (Å²) in [6.45, 7) is 3.62. The Morgan fingerprint density at radius 1 is 1.16 bits per heavy atom. The molecular weight excluding hydrogens is 574 g/mol. The Labute approximate surface area is 230 Å². The highest BCUT2D eigenvalue weighted by Crippen LogP contribution is 2.34. The predicted octanol–water partition coefficient (Wildman–Crippen LogP) is 6.24. The number of amides is 1. The van der Waals surface area contributed by atoms with E-state index in [9.17, 15) is 14.9 Å². The van der Waals surface area contributed by atoms with Gasteiger partial charge >= 0.3 is 5.97 Å². The quantitative estimate of drug-likeness (QED) is 0.180. The van der Waals surface area contributed by atoms with Gasteiger partial charge in [-0.05, 0) is 37.6 Å². The number of rotatable bonds is 9. The van der Waals surface area contributed by atoms with Crippen molar-refractivity contribution in [2.75, 3.05) is 17.7 Å². The first-order valence-corrected chi connectivity index (χ1v) is 13.9. The number of nitrogens with one attached hydrogen (secondary N) is 1. The minimum atomic E-state index is -0.501. The average Bonchev–Trinajstić information content (AvgIpc) is 3.45. The zero-order valence-corrected chi connectivity index (χ0v) is 23.2. The van der Waals surface area contributed by atoms with Gasteiger partial charge in [-0.2, -0.15) is 5.26 Å². The topological polar surface area (TPSA) is 110 Å². The smallest absolute Gasteiger partial charge is 0.348 e. The summed E-state index contributed by atoms with van der Waals surface area (Å²) in [5.41, 5.74) is 2.59. The molecule has 0 fully saturated rings. The number of hydrogen-bond acceptors (Lipinski definition) is 8. The van der Waals surface area contributed by atoms with Crippen molar-refractivity contribution in [3.05, 3.63) is 75.1 Å². The molecule has 2 heterocycles. The van der Waals surface area contributed by atoms with E-state index >= 15 is 0 Å². The van der Waals surface area contributed by atoms with Crippen LogP contribution in [-0.2, 0) is 9.53 Å². The van der Waals surface area contributed by atoms with E-state index < -0.39 is 5.97 Å². The largest absolute Gasteiger partial charge is 0.462 e. The van der Waals surface area contributed by atoms with Gasteiger partial charge < -0.3 is 10.1 Å². The SMILES string of the molecule is CCOC(=O)c1sc(NC(=O)CCSc2nnc(-c3ccccc3Br)n2-c2ccccc2)c(C#N)c1C. The molecule has 0 aliphatic rings. The van der Waals surface area contributed by atoms with Crippen molar-refractivity contribution in [2.24, 2.45) is 0 Å². The van der Waals surface area contributed by atoms with Gasteiger partial charge in [0.15, 0.2) is 11.0 Å². The first kappa shape index (κ1) is 26.6. The molecule has 0 saturated heterocycles. The van der Waals surface area contributed by atoms with Crippen LogP contribution < -0.4 is 5.32 Å². The van der Waals surface area contributed by atoms with Crippen LogP contribution in [0.4, 0.5) is 5.00 Å². The number of para-hydroxylation sites is 1. The van der Waals surface area contributed by atoms with Crippen molar-refractivity contribution in [2.45, 2.75) is 25.4 Å². The minimum absolute atomic E-state index is 0.174. The maximum atomic E-state index is 12.7. The Morgan fingerprint density at radius 2 is 1.89 bits per heavy atom. The molecule has 0 spiro atoms. The van der Waals surface area contributed by atoms with E-state index in [1.807, 2.05) is 59.2 Å². The van der Waals surface area contributed by atoms with E-state index in [0.29, 0.717) is 32.2 Å². The maximum Gasteiger partial charge on any atom is 0.348 e. The van der Waals surface area contributed by atoms with Gasteiger partial charge in [0.25, 0.3) is 0 Å². The summed E-state index contributed by atoms with van der Waals surface area (Å²) in [5, 5.41) is 22.2. The Bertz CT molecular complexity index is 1480. The van der Waals surface area contributed by atoms with Gasteiger partial charge in [-0.25, -0.2) is 4.79 Å². The molecule has 4 rings (SSSR count). The lowest BCUT2D eigenvalue weighted by atomic mass is 10.2. The van der Waals surface area contributed by atoms with Crippen LogP contribution in [-0.4, -0.2) is 39.0 Å². The Balaban J connectivity index is 1.50. The third-order valence-electron chi connectivity index (χ3n) is 5.30. The van der Waals surface area contributed by atoms with Gasteiger partial charge in [-0.15, -0.1) is 21.5 Å². The van der Waals surface area contributed by atoms with Crippen molar-refractivity contribution in [3.63, 3.8) is 0 Å². The number of carbonyl (C=O) groups excluding carboxylic acids is 2. The molecule has 8 nitrogen and oxygen atoms in total. The van der Waals surface area contributed by atoms with Crippen LogP contribution >= 0.6 is 39.0 Å². The zero-order chi connectivity index (χ0) is 26.4. The zero-order valence-electron chi connectivity index (χ0n) is 20.0. The summed E-state index contributed by atoms with van der Waals surface area (Å²) in [7, 11) is 0. The van der Waals surface area contributed by atoms with E-state index in [-0.39, 0.29) is 24.5 Å². The summed E-state index contributed by atoms with van der Waals surface area (Å²) < 4.78 is 7.92. The highest BCUT2D eigenvalue weighted by Gasteiger charge is 2.23. The van der Waals surface area contributed by atoms with Crippen molar-refractivity contribution in [3.8, 4) is 23.1 Å². The van der Waals surface area contributed by atoms with Gasteiger partial charge in [-0.1, -0.05) is 64.1 Å². The van der Waals surface area contributed by atoms with Crippen LogP contribution in [0, 0.1) is 18.3 Å². The van der Waals surface area contributed by atoms with E-state index in [1.54, 1.807) is 13.8 Å². The molecule has 0 aliphatic carbocycles. The summed E-state index contributed by atoms with van der Waals surface area (Å²) in [5.74, 6) is 0.352. The van der Waals surface area contributed by atoms with Crippen LogP contribution in [0.1, 0.15) is 34.1 Å². The van der Waals surface area contributed by atoms with Crippen molar-refractivity contribution < 1.29 is 14.3 Å². The number of esters is 1. The third kappa shape index (κ3) is 5.93. The number of carbonyl (C=O) groups is 2. The first-order valence-electron chi connectivity index (χ1n) is 11.3. The monoisotopic (exact) mass is 595 g/mol. The number of thioether (sulfide) groups is 1. The molecule has 2 aromatic heterocycles. The molecule has 4 aromatic rings. The molecule has 1 N–H and O–H groups in total. The summed E-state index contributed by atoms with van der Waals surface area (Å²) >= 11 is 6.06. The first-order chi connectivity index (χ1) is 17.9. The van der Waals surface area contributed by atoms with Crippen molar-refractivity contribution >= 4 is 55.9 Å². The molecule has 2 aromatic carbocycles. The molecule has 37 heavy (non-hydrogen) atoms. The Kier molecular flexibility index (Phi) is 8.76. The minimum Gasteiger partial charge on any atom is -0.462 e. The van der Waals surface area contributed by atoms with Gasteiger partial charge in [-0.3, -0.25) is 9.36 Å². The van der Waals surface area contributed by atoms with Gasteiger partial charge in [0.05, 0.1) is 12.2 Å². The number of hydrogen-bond donors (Lipinski definition) is 1. The lowest BCUT2D eigenvalue weighted by Gasteiger charge is -2.11.